The minimum atomic E-state index is -4.50. The number of imidazole rings is 1. The topological polar surface area (TPSA) is 96.8 Å². The number of aryl methyl sites for hydroxylation is 1. The second-order valence-corrected chi connectivity index (χ2v) is 7.62. The number of aromatic nitrogens is 5. The number of aliphatic imine (C=N–C) groups is 1. The summed E-state index contributed by atoms with van der Waals surface area (Å²) in [5.41, 5.74) is 1.85. The first kappa shape index (κ1) is 19.9. The lowest BCUT2D eigenvalue weighted by Crippen LogP contribution is -2.24. The van der Waals surface area contributed by atoms with Crippen molar-refractivity contribution in [2.45, 2.75) is 31.0 Å². The van der Waals surface area contributed by atoms with Gasteiger partial charge < -0.3 is 9.55 Å². The zero-order valence-corrected chi connectivity index (χ0v) is 16.6. The molecule has 1 aromatic carbocycles. The highest BCUT2D eigenvalue weighted by atomic mass is 19.4. The van der Waals surface area contributed by atoms with Crippen molar-refractivity contribution in [3.8, 4) is 6.07 Å². The number of fused-ring (bicyclic) bond motifs is 2. The fourth-order valence-corrected chi connectivity index (χ4v) is 4.24. The van der Waals surface area contributed by atoms with Gasteiger partial charge in [-0.05, 0) is 30.0 Å². The van der Waals surface area contributed by atoms with Gasteiger partial charge in [0.15, 0.2) is 5.69 Å². The molecule has 2 N–H and O–H groups in total. The van der Waals surface area contributed by atoms with Crippen LogP contribution in [0.3, 0.4) is 0 Å². The number of hydrogen-bond donors (Lipinski definition) is 1. The number of H-pyrrole nitrogens is 2. The molecule has 1 aliphatic rings. The Morgan fingerprint density at radius 1 is 1.28 bits per heavy atom. The van der Waals surface area contributed by atoms with Crippen molar-refractivity contribution >= 4 is 23.1 Å². The fraction of sp³-hybridized carbons (Fsp3) is 0.227. The van der Waals surface area contributed by atoms with Gasteiger partial charge in [0.2, 0.25) is 12.0 Å². The predicted molar refractivity (Wildman–Crippen MR) is 109 cm³/mol. The molecule has 0 spiro atoms. The molecule has 0 saturated carbocycles. The van der Waals surface area contributed by atoms with Crippen LogP contribution in [0.25, 0.3) is 11.0 Å². The smallest absolute Gasteiger partial charge is 0.332 e. The highest BCUT2D eigenvalue weighted by molar-refractivity contribution is 5.87. The van der Waals surface area contributed by atoms with Crippen LogP contribution in [0.1, 0.15) is 40.9 Å². The lowest BCUT2D eigenvalue weighted by Gasteiger charge is -2.31. The molecule has 0 saturated heterocycles. The summed E-state index contributed by atoms with van der Waals surface area (Å²) in [5.74, 6) is 0.130. The van der Waals surface area contributed by atoms with Crippen LogP contribution < -0.4 is 4.98 Å². The van der Waals surface area contributed by atoms with Crippen molar-refractivity contribution in [3.05, 3.63) is 71.7 Å². The minimum absolute atomic E-state index is 0.0301. The molecule has 7 nitrogen and oxygen atoms in total. The number of alkyl halides is 3. The van der Waals surface area contributed by atoms with Crippen molar-refractivity contribution in [2.24, 2.45) is 4.99 Å². The van der Waals surface area contributed by atoms with E-state index in [9.17, 15) is 13.2 Å². The summed E-state index contributed by atoms with van der Waals surface area (Å²) in [6.07, 6.45) is 3.58. The van der Waals surface area contributed by atoms with E-state index in [0.29, 0.717) is 5.69 Å². The second kappa shape index (κ2) is 7.60. The molecule has 32 heavy (non-hydrogen) atoms. The summed E-state index contributed by atoms with van der Waals surface area (Å²) in [6, 6.07) is 11.1. The number of halogens is 3. The molecule has 2 atom stereocenters. The maximum absolute atomic E-state index is 13.1. The van der Waals surface area contributed by atoms with Gasteiger partial charge in [-0.1, -0.05) is 29.2 Å². The average Bonchev–Trinajstić information content (AvgIpc) is 3.44. The zero-order chi connectivity index (χ0) is 22.3. The number of nitrogens with zero attached hydrogens (tertiary/aromatic N) is 5. The summed E-state index contributed by atoms with van der Waals surface area (Å²) in [4.78, 5) is 17.8. The van der Waals surface area contributed by atoms with E-state index in [1.165, 1.54) is 11.9 Å². The summed E-state index contributed by atoms with van der Waals surface area (Å²) in [6.45, 7) is 0. The third-order valence-electron chi connectivity index (χ3n) is 5.75. The maximum Gasteiger partial charge on any atom is 0.431 e. The summed E-state index contributed by atoms with van der Waals surface area (Å²) < 4.78 is 41.3. The van der Waals surface area contributed by atoms with Crippen LogP contribution in [0, 0.1) is 11.3 Å². The number of nitrogens with one attached hydrogen (secondary N) is 2. The lowest BCUT2D eigenvalue weighted by molar-refractivity contribution is -0.365. The number of rotatable bonds is 3. The van der Waals surface area contributed by atoms with Gasteiger partial charge in [0.05, 0.1) is 18.5 Å². The van der Waals surface area contributed by atoms with Gasteiger partial charge >= 0.3 is 6.18 Å². The van der Waals surface area contributed by atoms with Crippen molar-refractivity contribution in [2.75, 3.05) is 0 Å². The summed E-state index contributed by atoms with van der Waals surface area (Å²) >= 11 is 0. The first-order chi connectivity index (χ1) is 15.4. The van der Waals surface area contributed by atoms with Crippen LogP contribution >= 0.6 is 0 Å². The minimum Gasteiger partial charge on any atom is -0.332 e. The molecule has 3 heterocycles. The first-order valence-corrected chi connectivity index (χ1v) is 9.96. The van der Waals surface area contributed by atoms with E-state index in [1.807, 2.05) is 28.8 Å². The van der Waals surface area contributed by atoms with Crippen LogP contribution in [-0.2, 0) is 12.6 Å². The number of hydrogen-bond acceptors (Lipinski definition) is 4. The number of benzene rings is 1. The molecule has 0 radical (unpaired) electrons. The molecule has 160 valence electrons. The highest BCUT2D eigenvalue weighted by Gasteiger charge is 2.34. The predicted octanol–water partition coefficient (Wildman–Crippen LogP) is 4.14. The second-order valence-electron chi connectivity index (χ2n) is 7.62. The van der Waals surface area contributed by atoms with Crippen molar-refractivity contribution < 1.29 is 18.2 Å². The molecule has 0 amide bonds. The first-order valence-electron chi connectivity index (χ1n) is 9.96. The van der Waals surface area contributed by atoms with Crippen LogP contribution in [0.5, 0.6) is 0 Å². The Balaban J connectivity index is 1.57. The molecule has 5 rings (SSSR count). The van der Waals surface area contributed by atoms with Crippen molar-refractivity contribution in [1.29, 1.82) is 5.26 Å². The molecule has 0 fully saturated rings. The van der Waals surface area contributed by atoms with Crippen molar-refractivity contribution in [1.82, 2.24) is 19.5 Å². The van der Waals surface area contributed by atoms with Gasteiger partial charge in [-0.25, -0.2) is 9.97 Å². The van der Waals surface area contributed by atoms with Crippen LogP contribution in [0.15, 0.2) is 54.2 Å². The van der Waals surface area contributed by atoms with E-state index in [1.54, 1.807) is 18.7 Å². The molecular weight excluding hydrogens is 419 g/mol. The normalized spacial score (nSPS) is 18.7. The Hall–Kier alpha value is -4.00. The third kappa shape index (κ3) is 3.51. The van der Waals surface area contributed by atoms with Crippen LogP contribution in [0.2, 0.25) is 0 Å². The molecule has 3 aromatic heterocycles. The molecule has 0 bridgehead atoms. The highest BCUT2D eigenvalue weighted by Crippen LogP contribution is 2.39. The van der Waals surface area contributed by atoms with Gasteiger partial charge in [0.1, 0.15) is 17.1 Å². The molecule has 4 aromatic rings. The SMILES string of the molecule is N#Cc1cn([C@@H]2CCc3ccccc3C2/C=N/c2[nH+]cnc3[nH]c(C(F)(F)F)cc23)cn1. The quantitative estimate of drug-likeness (QED) is 0.489. The van der Waals surface area contributed by atoms with E-state index in [0.717, 1.165) is 24.5 Å². The van der Waals surface area contributed by atoms with Crippen LogP contribution in [-0.4, -0.2) is 25.7 Å². The Morgan fingerprint density at radius 3 is 2.91 bits per heavy atom. The van der Waals surface area contributed by atoms with E-state index < -0.39 is 11.9 Å². The summed E-state index contributed by atoms with van der Waals surface area (Å²) in [5, 5.41) is 9.40. The number of nitriles is 1. The van der Waals surface area contributed by atoms with Gasteiger partial charge in [0.25, 0.3) is 5.82 Å². The Labute approximate surface area is 180 Å². The van der Waals surface area contributed by atoms with E-state index in [2.05, 4.69) is 31.0 Å². The molecule has 0 aliphatic heterocycles. The maximum atomic E-state index is 13.1. The standard InChI is InChI=1S/C22H16F3N7/c23-22(24,25)19-7-16-20(28-11-29-21(16)31-19)27-9-17-15-4-2-1-3-13(15)5-6-18(17)32-10-14(8-26)30-12-32/h1-4,7,9-12,17-18H,5-6H2,(H,28,29,31)/p+1/b27-9+/t17?,18-/m1/s1. The Kier molecular flexibility index (Phi) is 4.74. The number of aromatic amines is 2. The van der Waals surface area contributed by atoms with E-state index >= 15 is 0 Å². The van der Waals surface area contributed by atoms with E-state index in [-0.39, 0.29) is 28.8 Å². The van der Waals surface area contributed by atoms with Gasteiger partial charge in [-0.2, -0.15) is 18.4 Å². The zero-order valence-electron chi connectivity index (χ0n) is 16.6. The summed E-state index contributed by atoms with van der Waals surface area (Å²) in [7, 11) is 0. The largest absolute Gasteiger partial charge is 0.431 e. The van der Waals surface area contributed by atoms with Crippen LogP contribution in [0.4, 0.5) is 19.0 Å². The van der Waals surface area contributed by atoms with Gasteiger partial charge in [0, 0.05) is 12.2 Å². The molecule has 1 unspecified atom stereocenters. The van der Waals surface area contributed by atoms with Gasteiger partial charge in [-0.3, -0.25) is 0 Å². The van der Waals surface area contributed by atoms with Crippen molar-refractivity contribution in [3.63, 3.8) is 0 Å². The molecule has 1 aliphatic carbocycles. The average molecular weight is 436 g/mol. The fourth-order valence-electron chi connectivity index (χ4n) is 4.24. The lowest BCUT2D eigenvalue weighted by atomic mass is 9.79. The molecular formula is C22H17F3N7+. The molecule has 10 heteroatoms. The Bertz CT molecular complexity index is 1360. The monoisotopic (exact) mass is 436 g/mol. The van der Waals surface area contributed by atoms with Gasteiger partial charge in [-0.15, -0.1) is 4.99 Å². The Morgan fingerprint density at radius 2 is 2.12 bits per heavy atom. The van der Waals surface area contributed by atoms with E-state index in [4.69, 9.17) is 5.26 Å². The third-order valence-corrected chi connectivity index (χ3v) is 5.75.